The van der Waals surface area contributed by atoms with E-state index in [0.717, 1.165) is 0 Å². The Morgan fingerprint density at radius 3 is 2.75 bits per heavy atom. The van der Waals surface area contributed by atoms with E-state index in [4.69, 9.17) is 0 Å². The van der Waals surface area contributed by atoms with Crippen LogP contribution in [0.3, 0.4) is 0 Å². The Morgan fingerprint density at radius 2 is 1.88 bits per heavy atom. The van der Waals surface area contributed by atoms with E-state index in [-0.39, 0.29) is 11.6 Å². The van der Waals surface area contributed by atoms with Gasteiger partial charge in [-0.2, -0.15) is 0 Å². The van der Waals surface area contributed by atoms with E-state index in [9.17, 15) is 8.78 Å². The maximum absolute atomic E-state index is 13.7. The topological polar surface area (TPSA) is 12.9 Å². The highest BCUT2D eigenvalue weighted by Gasteiger charge is 2.06. The summed E-state index contributed by atoms with van der Waals surface area (Å²) in [5.74, 6) is -0.736. The van der Waals surface area contributed by atoms with Gasteiger partial charge in [0.15, 0.2) is 0 Å². The number of rotatable bonds is 0. The summed E-state index contributed by atoms with van der Waals surface area (Å²) in [7, 11) is 0. The number of hydrogen-bond donors (Lipinski definition) is 0. The van der Waals surface area contributed by atoms with E-state index < -0.39 is 0 Å². The lowest BCUT2D eigenvalue weighted by molar-refractivity contribution is 0.629. The molecule has 3 aromatic rings. The van der Waals surface area contributed by atoms with Crippen LogP contribution in [0, 0.1) is 11.6 Å². The van der Waals surface area contributed by atoms with E-state index in [2.05, 4.69) is 4.98 Å². The van der Waals surface area contributed by atoms with Crippen molar-refractivity contribution in [2.45, 2.75) is 0 Å². The first-order valence-corrected chi connectivity index (χ1v) is 4.88. The zero-order valence-corrected chi connectivity index (χ0v) is 8.24. The van der Waals surface area contributed by atoms with Crippen LogP contribution >= 0.6 is 0 Å². The minimum Gasteiger partial charge on any atom is -0.256 e. The van der Waals surface area contributed by atoms with Crippen molar-refractivity contribution in [3.05, 3.63) is 54.2 Å². The van der Waals surface area contributed by atoms with Crippen LogP contribution in [0.15, 0.2) is 42.6 Å². The van der Waals surface area contributed by atoms with Gasteiger partial charge in [-0.05, 0) is 24.3 Å². The average Bonchev–Trinajstić information content (AvgIpc) is 2.28. The fourth-order valence-corrected chi connectivity index (χ4v) is 1.89. The SMILES string of the molecule is Fc1ccc2ncc3cccc(F)c3c2c1. The summed E-state index contributed by atoms with van der Waals surface area (Å²) in [6, 6.07) is 8.93. The van der Waals surface area contributed by atoms with Gasteiger partial charge >= 0.3 is 0 Å². The lowest BCUT2D eigenvalue weighted by Gasteiger charge is -2.03. The smallest absolute Gasteiger partial charge is 0.131 e. The first-order chi connectivity index (χ1) is 7.75. The molecule has 3 rings (SSSR count). The molecule has 0 aliphatic heterocycles. The van der Waals surface area contributed by atoms with E-state index in [1.54, 1.807) is 24.4 Å². The summed E-state index contributed by atoms with van der Waals surface area (Å²) in [6.07, 6.45) is 1.60. The zero-order valence-electron chi connectivity index (χ0n) is 8.24. The predicted octanol–water partition coefficient (Wildman–Crippen LogP) is 3.67. The Kier molecular flexibility index (Phi) is 1.86. The molecule has 0 radical (unpaired) electrons. The molecular weight excluding hydrogens is 208 g/mol. The quantitative estimate of drug-likeness (QED) is 0.521. The number of benzene rings is 2. The third-order valence-electron chi connectivity index (χ3n) is 2.62. The molecule has 0 saturated carbocycles. The van der Waals surface area contributed by atoms with Gasteiger partial charge in [0.25, 0.3) is 0 Å². The third-order valence-corrected chi connectivity index (χ3v) is 2.62. The number of fused-ring (bicyclic) bond motifs is 3. The summed E-state index contributed by atoms with van der Waals surface area (Å²) >= 11 is 0. The van der Waals surface area contributed by atoms with Gasteiger partial charge in [0.2, 0.25) is 0 Å². The van der Waals surface area contributed by atoms with Crippen LogP contribution < -0.4 is 0 Å². The van der Waals surface area contributed by atoms with Gasteiger partial charge in [-0.15, -0.1) is 0 Å². The Bertz CT molecular complexity index is 692. The van der Waals surface area contributed by atoms with Gasteiger partial charge < -0.3 is 0 Å². The van der Waals surface area contributed by atoms with Crippen molar-refractivity contribution in [1.29, 1.82) is 0 Å². The summed E-state index contributed by atoms with van der Waals surface area (Å²) in [5.41, 5.74) is 0.596. The molecule has 2 aromatic carbocycles. The van der Waals surface area contributed by atoms with Crippen LogP contribution in [0.2, 0.25) is 0 Å². The fourth-order valence-electron chi connectivity index (χ4n) is 1.89. The van der Waals surface area contributed by atoms with Crippen molar-refractivity contribution in [2.75, 3.05) is 0 Å². The second-order valence-corrected chi connectivity index (χ2v) is 3.62. The van der Waals surface area contributed by atoms with Crippen LogP contribution in [0.25, 0.3) is 21.7 Å². The molecule has 1 aromatic heterocycles. The molecule has 0 bridgehead atoms. The summed E-state index contributed by atoms with van der Waals surface area (Å²) < 4.78 is 26.8. The maximum Gasteiger partial charge on any atom is 0.131 e. The van der Waals surface area contributed by atoms with Crippen LogP contribution in [-0.2, 0) is 0 Å². The molecule has 0 aliphatic rings. The molecule has 0 aliphatic carbocycles. The number of pyridine rings is 1. The number of hydrogen-bond acceptors (Lipinski definition) is 1. The normalized spacial score (nSPS) is 11.1. The molecule has 0 fully saturated rings. The van der Waals surface area contributed by atoms with E-state index >= 15 is 0 Å². The average molecular weight is 215 g/mol. The van der Waals surface area contributed by atoms with Gasteiger partial charge in [-0.25, -0.2) is 8.78 Å². The highest BCUT2D eigenvalue weighted by Crippen LogP contribution is 2.26. The molecule has 0 spiro atoms. The minimum absolute atomic E-state index is 0.351. The van der Waals surface area contributed by atoms with Crippen LogP contribution in [0.1, 0.15) is 0 Å². The maximum atomic E-state index is 13.7. The second kappa shape index (κ2) is 3.23. The number of nitrogens with zero attached hydrogens (tertiary/aromatic N) is 1. The molecule has 0 N–H and O–H groups in total. The largest absolute Gasteiger partial charge is 0.256 e. The van der Waals surface area contributed by atoms with Crippen LogP contribution in [0.4, 0.5) is 8.78 Å². The minimum atomic E-state index is -0.384. The van der Waals surface area contributed by atoms with Gasteiger partial charge in [0.05, 0.1) is 5.52 Å². The summed E-state index contributed by atoms with van der Waals surface area (Å²) in [4.78, 5) is 4.16. The third kappa shape index (κ3) is 1.25. The lowest BCUT2D eigenvalue weighted by atomic mass is 10.1. The van der Waals surface area contributed by atoms with Gasteiger partial charge in [0, 0.05) is 22.4 Å². The zero-order chi connectivity index (χ0) is 11.1. The molecule has 0 amide bonds. The van der Waals surface area contributed by atoms with Gasteiger partial charge in [-0.3, -0.25) is 4.98 Å². The van der Waals surface area contributed by atoms with Gasteiger partial charge in [-0.1, -0.05) is 12.1 Å². The van der Waals surface area contributed by atoms with Gasteiger partial charge in [0.1, 0.15) is 11.6 Å². The molecule has 0 atom stereocenters. The standard InChI is InChI=1S/C13H7F2N/c14-9-4-5-12-10(6-9)13-8(7-16-12)2-1-3-11(13)15/h1-7H. The monoisotopic (exact) mass is 215 g/mol. The molecule has 16 heavy (non-hydrogen) atoms. The van der Waals surface area contributed by atoms with Crippen LogP contribution in [0.5, 0.6) is 0 Å². The number of halogens is 2. The van der Waals surface area contributed by atoms with E-state index in [0.29, 0.717) is 21.7 Å². The molecule has 3 heteroatoms. The molecule has 0 unspecified atom stereocenters. The summed E-state index contributed by atoms with van der Waals surface area (Å²) in [5, 5.41) is 1.61. The molecule has 1 nitrogen and oxygen atoms in total. The first kappa shape index (κ1) is 9.21. The van der Waals surface area contributed by atoms with Crippen molar-refractivity contribution in [2.24, 2.45) is 0 Å². The lowest BCUT2D eigenvalue weighted by Crippen LogP contribution is -1.86. The Morgan fingerprint density at radius 1 is 1.00 bits per heavy atom. The van der Waals surface area contributed by atoms with E-state index in [1.807, 2.05) is 0 Å². The summed E-state index contributed by atoms with van der Waals surface area (Å²) in [6.45, 7) is 0. The molecular formula is C13H7F2N. The van der Waals surface area contributed by atoms with Crippen molar-refractivity contribution in [3.63, 3.8) is 0 Å². The van der Waals surface area contributed by atoms with Crippen molar-refractivity contribution < 1.29 is 8.78 Å². The Hall–Kier alpha value is -2.03. The van der Waals surface area contributed by atoms with Crippen molar-refractivity contribution in [1.82, 2.24) is 4.98 Å². The van der Waals surface area contributed by atoms with E-state index in [1.165, 1.54) is 18.2 Å². The Labute approximate surface area is 90.3 Å². The molecule has 78 valence electrons. The molecule has 0 saturated heterocycles. The predicted molar refractivity (Wildman–Crippen MR) is 59.2 cm³/mol. The highest BCUT2D eigenvalue weighted by atomic mass is 19.1. The number of aromatic nitrogens is 1. The second-order valence-electron chi connectivity index (χ2n) is 3.62. The van der Waals surface area contributed by atoms with Crippen molar-refractivity contribution in [3.8, 4) is 0 Å². The molecule has 1 heterocycles. The first-order valence-electron chi connectivity index (χ1n) is 4.88. The fraction of sp³-hybridized carbons (Fsp3) is 0. The highest BCUT2D eigenvalue weighted by molar-refractivity contribution is 6.05. The van der Waals surface area contributed by atoms with Crippen LogP contribution in [-0.4, -0.2) is 4.98 Å². The Balaban J connectivity index is 2.61. The van der Waals surface area contributed by atoms with Crippen molar-refractivity contribution >= 4 is 21.7 Å².